The first-order chi connectivity index (χ1) is 6.29. The number of likely N-dealkylation sites (tertiary alicyclic amines) is 1. The predicted octanol–water partition coefficient (Wildman–Crippen LogP) is 0.555. The zero-order valence-corrected chi connectivity index (χ0v) is 8.09. The Morgan fingerprint density at radius 3 is 3.08 bits per heavy atom. The Hall–Kier alpha value is -0.460. The van der Waals surface area contributed by atoms with Crippen LogP contribution in [0.15, 0.2) is 0 Å². The highest BCUT2D eigenvalue weighted by Crippen LogP contribution is 2.26. The van der Waals surface area contributed by atoms with Crippen LogP contribution in [-0.2, 0) is 0 Å². The highest BCUT2D eigenvalue weighted by Gasteiger charge is 2.34. The Labute approximate surface area is 81.2 Å². The van der Waals surface area contributed by atoms with Gasteiger partial charge in [-0.2, -0.15) is 4.41 Å². The predicted molar refractivity (Wildman–Crippen MR) is 50.1 cm³/mol. The van der Waals surface area contributed by atoms with Crippen molar-refractivity contribution in [3.63, 3.8) is 0 Å². The summed E-state index contributed by atoms with van der Waals surface area (Å²) in [5.41, 5.74) is 3.17. The van der Waals surface area contributed by atoms with E-state index in [2.05, 4.69) is 5.43 Å². The summed E-state index contributed by atoms with van der Waals surface area (Å²) in [5, 5.41) is 8.91. The number of amides is 1. The molecule has 0 aromatic rings. The highest BCUT2D eigenvalue weighted by molar-refractivity contribution is 7.97. The van der Waals surface area contributed by atoms with Crippen molar-refractivity contribution in [3.05, 3.63) is 0 Å². The molecule has 2 heterocycles. The van der Waals surface area contributed by atoms with Gasteiger partial charge in [-0.1, -0.05) is 11.9 Å². The third kappa shape index (κ3) is 1.74. The molecule has 0 spiro atoms. The number of nitrogens with zero attached hydrogens (tertiary/aromatic N) is 2. The smallest absolute Gasteiger partial charge is 0.408 e. The fraction of sp³-hybridized carbons (Fsp3) is 0.857. The molecule has 1 amide bonds. The molecular formula is C7H13N3O2S. The second kappa shape index (κ2) is 3.73. The summed E-state index contributed by atoms with van der Waals surface area (Å²) in [6.45, 7) is 1.60. The van der Waals surface area contributed by atoms with Crippen LogP contribution in [0.5, 0.6) is 0 Å². The molecule has 6 heteroatoms. The van der Waals surface area contributed by atoms with E-state index < -0.39 is 6.09 Å². The van der Waals surface area contributed by atoms with E-state index in [-0.39, 0.29) is 6.17 Å². The lowest BCUT2D eigenvalue weighted by Gasteiger charge is -2.28. The minimum atomic E-state index is -0.809. The van der Waals surface area contributed by atoms with E-state index in [1.165, 1.54) is 4.90 Å². The van der Waals surface area contributed by atoms with Crippen LogP contribution in [-0.4, -0.2) is 45.5 Å². The van der Waals surface area contributed by atoms with E-state index in [1.807, 2.05) is 4.41 Å². The average molecular weight is 203 g/mol. The van der Waals surface area contributed by atoms with Crippen LogP contribution in [0.2, 0.25) is 0 Å². The van der Waals surface area contributed by atoms with Crippen LogP contribution < -0.4 is 5.43 Å². The van der Waals surface area contributed by atoms with E-state index in [0.29, 0.717) is 6.54 Å². The zero-order chi connectivity index (χ0) is 9.26. The van der Waals surface area contributed by atoms with Crippen molar-refractivity contribution in [3.8, 4) is 0 Å². The van der Waals surface area contributed by atoms with Gasteiger partial charge in [0, 0.05) is 18.8 Å². The molecule has 2 aliphatic heterocycles. The maximum Gasteiger partial charge on any atom is 0.408 e. The molecule has 2 saturated heterocycles. The third-order valence-electron chi connectivity index (χ3n) is 2.34. The van der Waals surface area contributed by atoms with Gasteiger partial charge >= 0.3 is 6.09 Å². The molecule has 2 rings (SSSR count). The minimum absolute atomic E-state index is 0.0324. The Morgan fingerprint density at radius 2 is 2.46 bits per heavy atom. The van der Waals surface area contributed by atoms with E-state index in [4.69, 9.17) is 5.11 Å². The topological polar surface area (TPSA) is 55.8 Å². The third-order valence-corrected chi connectivity index (χ3v) is 3.37. The molecule has 2 aliphatic rings. The molecule has 0 radical (unpaired) electrons. The number of rotatable bonds is 1. The number of nitrogens with one attached hydrogen (secondary N) is 1. The van der Waals surface area contributed by atoms with Gasteiger partial charge in [0.15, 0.2) is 0 Å². The molecule has 2 N–H and O–H groups in total. The Kier molecular flexibility index (Phi) is 2.61. The van der Waals surface area contributed by atoms with Crippen LogP contribution in [0.1, 0.15) is 12.8 Å². The molecule has 1 atom stereocenters. The number of hydrogen-bond acceptors (Lipinski definition) is 4. The quantitative estimate of drug-likeness (QED) is 0.610. The van der Waals surface area contributed by atoms with E-state index in [0.717, 1.165) is 25.1 Å². The molecule has 0 aliphatic carbocycles. The molecule has 0 saturated carbocycles. The first-order valence-corrected chi connectivity index (χ1v) is 5.38. The summed E-state index contributed by atoms with van der Waals surface area (Å²) in [6.07, 6.45) is 1.13. The zero-order valence-electron chi connectivity index (χ0n) is 7.27. The lowest BCUT2D eigenvalue weighted by Crippen LogP contribution is -2.47. The van der Waals surface area contributed by atoms with Gasteiger partial charge in [-0.3, -0.25) is 4.90 Å². The van der Waals surface area contributed by atoms with E-state index in [1.54, 1.807) is 11.9 Å². The second-order valence-corrected chi connectivity index (χ2v) is 4.23. The molecule has 0 aromatic carbocycles. The van der Waals surface area contributed by atoms with Crippen LogP contribution in [0.3, 0.4) is 0 Å². The SMILES string of the molecule is O=C(O)N1CCCC1N1NCCS1. The van der Waals surface area contributed by atoms with Crippen molar-refractivity contribution in [2.75, 3.05) is 18.8 Å². The monoisotopic (exact) mass is 203 g/mol. The van der Waals surface area contributed by atoms with Gasteiger partial charge in [0.05, 0.1) is 0 Å². The molecular weight excluding hydrogens is 190 g/mol. The van der Waals surface area contributed by atoms with Gasteiger partial charge in [-0.25, -0.2) is 10.2 Å². The van der Waals surface area contributed by atoms with Crippen molar-refractivity contribution in [2.24, 2.45) is 0 Å². The normalized spacial score (nSPS) is 29.8. The van der Waals surface area contributed by atoms with Gasteiger partial charge in [0.25, 0.3) is 0 Å². The summed E-state index contributed by atoms with van der Waals surface area (Å²) >= 11 is 1.68. The molecule has 13 heavy (non-hydrogen) atoms. The summed E-state index contributed by atoms with van der Waals surface area (Å²) in [7, 11) is 0. The number of carbonyl (C=O) groups is 1. The first kappa shape index (κ1) is 9.11. The van der Waals surface area contributed by atoms with Gasteiger partial charge in [-0.05, 0) is 12.8 Å². The lowest BCUT2D eigenvalue weighted by atomic mass is 10.3. The Balaban J connectivity index is 2.00. The highest BCUT2D eigenvalue weighted by atomic mass is 32.2. The fourth-order valence-electron chi connectivity index (χ4n) is 1.75. The summed E-state index contributed by atoms with van der Waals surface area (Å²) < 4.78 is 1.97. The largest absolute Gasteiger partial charge is 0.465 e. The Morgan fingerprint density at radius 1 is 1.62 bits per heavy atom. The van der Waals surface area contributed by atoms with Crippen LogP contribution in [0.4, 0.5) is 4.79 Å². The average Bonchev–Trinajstić information content (AvgIpc) is 2.74. The molecule has 1 unspecified atom stereocenters. The van der Waals surface area contributed by atoms with E-state index in [9.17, 15) is 4.79 Å². The number of carboxylic acid groups (broad SMARTS) is 1. The summed E-state index contributed by atoms with van der Waals surface area (Å²) in [6, 6.07) is 0. The molecule has 0 aromatic heterocycles. The number of hydrazine groups is 1. The van der Waals surface area contributed by atoms with Crippen LogP contribution in [0.25, 0.3) is 0 Å². The van der Waals surface area contributed by atoms with Crippen molar-refractivity contribution in [1.82, 2.24) is 14.7 Å². The van der Waals surface area contributed by atoms with Gasteiger partial charge < -0.3 is 5.11 Å². The van der Waals surface area contributed by atoms with Gasteiger partial charge in [0.1, 0.15) is 6.17 Å². The summed E-state index contributed by atoms with van der Waals surface area (Å²) in [4.78, 5) is 12.3. The van der Waals surface area contributed by atoms with Gasteiger partial charge in [0.2, 0.25) is 0 Å². The molecule has 2 fully saturated rings. The van der Waals surface area contributed by atoms with Crippen molar-refractivity contribution in [2.45, 2.75) is 19.0 Å². The maximum atomic E-state index is 10.8. The Bertz CT molecular complexity index is 208. The van der Waals surface area contributed by atoms with Crippen molar-refractivity contribution in [1.29, 1.82) is 0 Å². The van der Waals surface area contributed by atoms with Crippen LogP contribution in [0, 0.1) is 0 Å². The number of hydrogen-bond donors (Lipinski definition) is 2. The fourth-order valence-corrected chi connectivity index (χ4v) is 2.71. The minimum Gasteiger partial charge on any atom is -0.465 e. The lowest BCUT2D eigenvalue weighted by molar-refractivity contribution is 0.0994. The summed E-state index contributed by atoms with van der Waals surface area (Å²) in [5.74, 6) is 1.03. The molecule has 5 nitrogen and oxygen atoms in total. The standard InChI is InChI=1S/C7H13N3O2S/c11-7(12)9-4-1-2-6(9)10-8-3-5-13-10/h6,8H,1-5H2,(H,11,12). The van der Waals surface area contributed by atoms with Crippen molar-refractivity contribution >= 4 is 18.0 Å². The van der Waals surface area contributed by atoms with Crippen LogP contribution >= 0.6 is 11.9 Å². The van der Waals surface area contributed by atoms with E-state index >= 15 is 0 Å². The molecule has 74 valence electrons. The second-order valence-electron chi connectivity index (χ2n) is 3.17. The molecule has 0 bridgehead atoms. The van der Waals surface area contributed by atoms with Crippen molar-refractivity contribution < 1.29 is 9.90 Å². The first-order valence-electron chi connectivity index (χ1n) is 4.44. The van der Waals surface area contributed by atoms with Gasteiger partial charge in [-0.15, -0.1) is 0 Å². The maximum absolute atomic E-state index is 10.8.